The fourth-order valence-corrected chi connectivity index (χ4v) is 4.64. The second-order valence-electron chi connectivity index (χ2n) is 9.10. The van der Waals surface area contributed by atoms with E-state index in [1.54, 1.807) is 29.2 Å². The Hall–Kier alpha value is -4.34. The van der Waals surface area contributed by atoms with Crippen LogP contribution < -0.4 is 15.2 Å². The van der Waals surface area contributed by atoms with Crippen LogP contribution in [0.3, 0.4) is 0 Å². The summed E-state index contributed by atoms with van der Waals surface area (Å²) >= 11 is 0. The molecule has 2 N–H and O–H groups in total. The molecule has 5 rings (SSSR count). The number of carbonyl (C=O) groups is 1. The van der Waals surface area contributed by atoms with Gasteiger partial charge in [-0.25, -0.2) is 4.98 Å². The third-order valence-corrected chi connectivity index (χ3v) is 6.64. The van der Waals surface area contributed by atoms with E-state index in [0.29, 0.717) is 47.1 Å². The van der Waals surface area contributed by atoms with Gasteiger partial charge in [0.2, 0.25) is 0 Å². The van der Waals surface area contributed by atoms with Crippen molar-refractivity contribution in [3.63, 3.8) is 0 Å². The smallest absolute Gasteiger partial charge is 0.417 e. The lowest BCUT2D eigenvalue weighted by atomic mass is 9.96. The standard InChI is InChI=1S/C28H25F3N4O3/c1-16-12-18-13-17(6-9-22(18)34-26(16)32)27(36)35(15-20-8-7-19(14-33-20)28(29,30)31)23-10-11-38-25-21(23)4-3-5-24(25)37-2/h3-9,12-14,23H,10-11,15H2,1-2H3,(H2,32,34)/t23-/m0/s1. The minimum Gasteiger partial charge on any atom is -0.493 e. The number of pyridine rings is 2. The maximum Gasteiger partial charge on any atom is 0.417 e. The molecule has 4 aromatic rings. The Bertz CT molecular complexity index is 1510. The van der Waals surface area contributed by atoms with Gasteiger partial charge >= 0.3 is 6.18 Å². The van der Waals surface area contributed by atoms with E-state index in [0.717, 1.165) is 28.8 Å². The molecule has 2 aromatic carbocycles. The number of alkyl halides is 3. The molecule has 10 heteroatoms. The van der Waals surface area contributed by atoms with Crippen molar-refractivity contribution in [3.8, 4) is 11.5 Å². The van der Waals surface area contributed by atoms with Gasteiger partial charge in [0.15, 0.2) is 11.5 Å². The van der Waals surface area contributed by atoms with Crippen LogP contribution in [0, 0.1) is 6.92 Å². The number of aromatic nitrogens is 2. The first-order valence-electron chi connectivity index (χ1n) is 12.0. The highest BCUT2D eigenvalue weighted by Gasteiger charge is 2.34. The summed E-state index contributed by atoms with van der Waals surface area (Å²) in [5.74, 6) is 1.19. The molecule has 1 atom stereocenters. The van der Waals surface area contributed by atoms with Gasteiger partial charge in [-0.2, -0.15) is 13.2 Å². The van der Waals surface area contributed by atoms with E-state index in [-0.39, 0.29) is 12.5 Å². The van der Waals surface area contributed by atoms with E-state index in [1.807, 2.05) is 25.1 Å². The predicted molar refractivity (Wildman–Crippen MR) is 136 cm³/mol. The van der Waals surface area contributed by atoms with Crippen molar-refractivity contribution in [3.05, 3.63) is 88.7 Å². The lowest BCUT2D eigenvalue weighted by Gasteiger charge is -2.36. The Labute approximate surface area is 217 Å². The van der Waals surface area contributed by atoms with Crippen LogP contribution in [0.2, 0.25) is 0 Å². The van der Waals surface area contributed by atoms with E-state index in [9.17, 15) is 18.0 Å². The maximum absolute atomic E-state index is 14.0. The second-order valence-corrected chi connectivity index (χ2v) is 9.10. The molecule has 0 aliphatic carbocycles. The summed E-state index contributed by atoms with van der Waals surface area (Å²) in [6.45, 7) is 2.17. The topological polar surface area (TPSA) is 90.6 Å². The molecule has 0 spiro atoms. The van der Waals surface area contributed by atoms with E-state index in [2.05, 4.69) is 9.97 Å². The SMILES string of the molecule is COc1cccc2c1OCC[C@@H]2N(Cc1ccc(C(F)(F)F)cn1)C(=O)c1ccc2nc(N)c(C)cc2c1. The Balaban J connectivity index is 1.57. The van der Waals surface area contributed by atoms with Gasteiger partial charge < -0.3 is 20.1 Å². The predicted octanol–water partition coefficient (Wildman–Crippen LogP) is 5.71. The highest BCUT2D eigenvalue weighted by molar-refractivity contribution is 5.98. The minimum atomic E-state index is -4.50. The fourth-order valence-electron chi connectivity index (χ4n) is 4.64. The van der Waals surface area contributed by atoms with Gasteiger partial charge in [-0.3, -0.25) is 9.78 Å². The molecule has 7 nitrogen and oxygen atoms in total. The van der Waals surface area contributed by atoms with Gasteiger partial charge in [0, 0.05) is 29.1 Å². The van der Waals surface area contributed by atoms with E-state index in [4.69, 9.17) is 15.2 Å². The zero-order valence-corrected chi connectivity index (χ0v) is 20.7. The number of para-hydroxylation sites is 1. The molecule has 1 amide bonds. The summed E-state index contributed by atoms with van der Waals surface area (Å²) in [5, 5.41) is 0.754. The first-order chi connectivity index (χ1) is 18.2. The zero-order valence-electron chi connectivity index (χ0n) is 20.7. The van der Waals surface area contributed by atoms with Crippen molar-refractivity contribution in [2.24, 2.45) is 0 Å². The van der Waals surface area contributed by atoms with Crippen molar-refractivity contribution in [1.29, 1.82) is 0 Å². The number of rotatable bonds is 5. The third kappa shape index (κ3) is 4.81. The van der Waals surface area contributed by atoms with Crippen LogP contribution in [-0.4, -0.2) is 34.5 Å². The number of hydrogen-bond donors (Lipinski definition) is 1. The summed E-state index contributed by atoms with van der Waals surface area (Å²) in [4.78, 5) is 24.1. The minimum absolute atomic E-state index is 0.00462. The van der Waals surface area contributed by atoms with Gasteiger partial charge in [-0.1, -0.05) is 12.1 Å². The van der Waals surface area contributed by atoms with E-state index >= 15 is 0 Å². The summed E-state index contributed by atoms with van der Waals surface area (Å²) in [7, 11) is 1.54. The van der Waals surface area contributed by atoms with Crippen LogP contribution in [0.25, 0.3) is 10.9 Å². The average Bonchev–Trinajstić information content (AvgIpc) is 2.91. The molecule has 0 fully saturated rings. The number of benzene rings is 2. The van der Waals surface area contributed by atoms with Gasteiger partial charge in [0.05, 0.1) is 43.1 Å². The van der Waals surface area contributed by atoms with Crippen LogP contribution >= 0.6 is 0 Å². The van der Waals surface area contributed by atoms with Crippen molar-refractivity contribution in [1.82, 2.24) is 14.9 Å². The molecular formula is C28H25F3N4O3. The number of nitrogen functional groups attached to an aromatic ring is 1. The largest absolute Gasteiger partial charge is 0.493 e. The van der Waals surface area contributed by atoms with Crippen molar-refractivity contribution >= 4 is 22.6 Å². The number of fused-ring (bicyclic) bond motifs is 2. The van der Waals surface area contributed by atoms with Crippen LogP contribution in [0.15, 0.2) is 60.8 Å². The molecule has 0 saturated carbocycles. The Morgan fingerprint density at radius 1 is 1.18 bits per heavy atom. The molecule has 196 valence electrons. The van der Waals surface area contributed by atoms with Crippen molar-refractivity contribution < 1.29 is 27.4 Å². The highest BCUT2D eigenvalue weighted by Crippen LogP contribution is 2.43. The molecule has 3 heterocycles. The van der Waals surface area contributed by atoms with Crippen LogP contribution in [0.5, 0.6) is 11.5 Å². The number of carbonyl (C=O) groups excluding carboxylic acids is 1. The quantitative estimate of drug-likeness (QED) is 0.361. The van der Waals surface area contributed by atoms with Gasteiger partial charge in [-0.05, 0) is 55.0 Å². The zero-order chi connectivity index (χ0) is 27.0. The average molecular weight is 523 g/mol. The molecule has 0 unspecified atom stereocenters. The van der Waals surface area contributed by atoms with Crippen LogP contribution in [0.4, 0.5) is 19.0 Å². The second kappa shape index (κ2) is 9.85. The molecule has 1 aliphatic rings. The highest BCUT2D eigenvalue weighted by atomic mass is 19.4. The fraction of sp³-hybridized carbons (Fsp3) is 0.250. The van der Waals surface area contributed by atoms with Crippen LogP contribution in [-0.2, 0) is 12.7 Å². The molecule has 0 saturated heterocycles. The monoisotopic (exact) mass is 522 g/mol. The number of ether oxygens (including phenoxy) is 2. The number of amides is 1. The number of nitrogens with two attached hydrogens (primary N) is 1. The number of hydrogen-bond acceptors (Lipinski definition) is 6. The Morgan fingerprint density at radius 3 is 2.71 bits per heavy atom. The summed E-state index contributed by atoms with van der Waals surface area (Å²) in [6.07, 6.45) is -3.23. The normalized spacial score (nSPS) is 15.0. The molecule has 0 radical (unpaired) electrons. The number of methoxy groups -OCH3 is 1. The lowest BCUT2D eigenvalue weighted by molar-refractivity contribution is -0.137. The lowest BCUT2D eigenvalue weighted by Crippen LogP contribution is -2.37. The number of nitrogens with zero attached hydrogens (tertiary/aromatic N) is 3. The first kappa shape index (κ1) is 25.3. The molecule has 2 aromatic heterocycles. The Morgan fingerprint density at radius 2 is 2.00 bits per heavy atom. The number of halogens is 3. The van der Waals surface area contributed by atoms with E-state index < -0.39 is 17.8 Å². The molecule has 0 bridgehead atoms. The maximum atomic E-state index is 14.0. The molecule has 1 aliphatic heterocycles. The summed E-state index contributed by atoms with van der Waals surface area (Å²) < 4.78 is 50.6. The van der Waals surface area contributed by atoms with E-state index in [1.165, 1.54) is 13.2 Å². The van der Waals surface area contributed by atoms with Crippen molar-refractivity contribution in [2.45, 2.75) is 32.1 Å². The van der Waals surface area contributed by atoms with Gasteiger partial charge in [0.25, 0.3) is 5.91 Å². The van der Waals surface area contributed by atoms with Gasteiger partial charge in [0.1, 0.15) is 5.82 Å². The molecule has 38 heavy (non-hydrogen) atoms. The van der Waals surface area contributed by atoms with Crippen molar-refractivity contribution in [2.75, 3.05) is 19.5 Å². The molecular weight excluding hydrogens is 497 g/mol. The number of aryl methyl sites for hydroxylation is 1. The third-order valence-electron chi connectivity index (χ3n) is 6.64. The van der Waals surface area contributed by atoms with Gasteiger partial charge in [-0.15, -0.1) is 0 Å². The van der Waals surface area contributed by atoms with Crippen LogP contribution in [0.1, 0.15) is 45.2 Å². The Kier molecular flexibility index (Phi) is 6.56. The summed E-state index contributed by atoms with van der Waals surface area (Å²) in [5.41, 5.74) is 8.02. The summed E-state index contributed by atoms with van der Waals surface area (Å²) in [6, 6.07) is 14.3. The first-order valence-corrected chi connectivity index (χ1v) is 12.0. The number of anilines is 1.